The van der Waals surface area contributed by atoms with Crippen molar-refractivity contribution in [3.05, 3.63) is 23.9 Å². The Morgan fingerprint density at radius 3 is 2.86 bits per heavy atom. The van der Waals surface area contributed by atoms with E-state index in [1.807, 2.05) is 0 Å². The minimum Gasteiger partial charge on any atom is -0.478 e. The average molecular weight is 214 g/mol. The summed E-state index contributed by atoms with van der Waals surface area (Å²) < 4.78 is 5.32. The van der Waals surface area contributed by atoms with E-state index >= 15 is 0 Å². The lowest BCUT2D eigenvalue weighted by Gasteiger charge is -2.03. The Hall–Kier alpha value is -1.09. The van der Waals surface area contributed by atoms with Crippen molar-refractivity contribution in [3.8, 4) is 5.88 Å². The van der Waals surface area contributed by atoms with Crippen LogP contribution in [0.4, 0.5) is 0 Å². The highest BCUT2D eigenvalue weighted by Gasteiger charge is 2.02. The van der Waals surface area contributed by atoms with Crippen molar-refractivity contribution in [2.75, 3.05) is 6.61 Å². The summed E-state index contributed by atoms with van der Waals surface area (Å²) >= 11 is 5.26. The third kappa shape index (κ3) is 3.34. The zero-order valence-electron chi connectivity index (χ0n) is 8.00. The van der Waals surface area contributed by atoms with Crippen LogP contribution < -0.4 is 4.74 Å². The number of carbonyl (C=O) groups is 1. The Morgan fingerprint density at radius 1 is 1.57 bits per heavy atom. The second kappa shape index (κ2) is 5.60. The number of nitrogens with zero attached hydrogens (tertiary/aromatic N) is 1. The summed E-state index contributed by atoms with van der Waals surface area (Å²) in [4.78, 5) is 14.6. The summed E-state index contributed by atoms with van der Waals surface area (Å²) in [7, 11) is 0. The second-order valence-electron chi connectivity index (χ2n) is 2.86. The molecule has 0 aliphatic heterocycles. The zero-order valence-corrected chi connectivity index (χ0v) is 8.75. The van der Waals surface area contributed by atoms with Gasteiger partial charge in [0.05, 0.1) is 12.2 Å². The van der Waals surface area contributed by atoms with Crippen LogP contribution in [0.5, 0.6) is 5.88 Å². The lowest BCUT2D eigenvalue weighted by atomic mass is 10.3. The molecule has 1 aromatic heterocycles. The Morgan fingerprint density at radius 2 is 2.36 bits per heavy atom. The number of halogens is 1. The van der Waals surface area contributed by atoms with Crippen molar-refractivity contribution in [1.29, 1.82) is 0 Å². The number of hydrogen-bond acceptors (Lipinski definition) is 3. The smallest absolute Gasteiger partial charge is 0.253 e. The molecule has 0 aromatic carbocycles. The van der Waals surface area contributed by atoms with Crippen molar-refractivity contribution in [1.82, 2.24) is 4.98 Å². The maximum absolute atomic E-state index is 10.7. The molecule has 0 atom stereocenters. The third-order valence-corrected chi connectivity index (χ3v) is 1.93. The first-order chi connectivity index (χ1) is 6.74. The van der Waals surface area contributed by atoms with E-state index in [0.717, 1.165) is 12.8 Å². The fraction of sp³-hybridized carbons (Fsp3) is 0.400. The van der Waals surface area contributed by atoms with Crippen LogP contribution in [0.3, 0.4) is 0 Å². The van der Waals surface area contributed by atoms with Gasteiger partial charge in [0, 0.05) is 12.3 Å². The first-order valence-electron chi connectivity index (χ1n) is 4.52. The van der Waals surface area contributed by atoms with Crippen LogP contribution >= 0.6 is 11.6 Å². The molecule has 0 saturated heterocycles. The van der Waals surface area contributed by atoms with Crippen LogP contribution in [0.15, 0.2) is 18.3 Å². The van der Waals surface area contributed by atoms with Gasteiger partial charge in [-0.2, -0.15) is 0 Å². The SMILES string of the molecule is CCCCOc1ccc(C(=O)Cl)cn1. The summed E-state index contributed by atoms with van der Waals surface area (Å²) in [5, 5.41) is -0.502. The average Bonchev–Trinajstić information content (AvgIpc) is 2.19. The van der Waals surface area contributed by atoms with E-state index < -0.39 is 5.24 Å². The van der Waals surface area contributed by atoms with Gasteiger partial charge in [-0.05, 0) is 24.1 Å². The lowest BCUT2D eigenvalue weighted by Crippen LogP contribution is -1.99. The van der Waals surface area contributed by atoms with Crippen molar-refractivity contribution in [3.63, 3.8) is 0 Å². The molecule has 0 N–H and O–H groups in total. The highest BCUT2D eigenvalue weighted by atomic mass is 35.5. The van der Waals surface area contributed by atoms with Crippen LogP contribution in [-0.4, -0.2) is 16.8 Å². The van der Waals surface area contributed by atoms with Gasteiger partial charge in [0.2, 0.25) is 5.88 Å². The van der Waals surface area contributed by atoms with Gasteiger partial charge < -0.3 is 4.74 Å². The van der Waals surface area contributed by atoms with Crippen LogP contribution in [0.1, 0.15) is 30.1 Å². The van der Waals surface area contributed by atoms with E-state index in [4.69, 9.17) is 16.3 Å². The Balaban J connectivity index is 2.51. The minimum absolute atomic E-state index is 0.384. The fourth-order valence-corrected chi connectivity index (χ4v) is 1.01. The summed E-state index contributed by atoms with van der Waals surface area (Å²) in [5.41, 5.74) is 0.384. The third-order valence-electron chi connectivity index (χ3n) is 1.71. The zero-order chi connectivity index (χ0) is 10.4. The van der Waals surface area contributed by atoms with Gasteiger partial charge in [0.1, 0.15) is 0 Å². The van der Waals surface area contributed by atoms with Crippen molar-refractivity contribution in [2.24, 2.45) is 0 Å². The van der Waals surface area contributed by atoms with Crippen LogP contribution in [0.2, 0.25) is 0 Å². The number of ether oxygens (including phenoxy) is 1. The van der Waals surface area contributed by atoms with Crippen LogP contribution in [0, 0.1) is 0 Å². The number of rotatable bonds is 5. The monoisotopic (exact) mass is 213 g/mol. The number of carbonyl (C=O) groups excluding carboxylic acids is 1. The number of aromatic nitrogens is 1. The molecule has 0 fully saturated rings. The van der Waals surface area contributed by atoms with Gasteiger partial charge in [-0.1, -0.05) is 13.3 Å². The number of unbranched alkanes of at least 4 members (excludes halogenated alkanes) is 1. The first-order valence-corrected chi connectivity index (χ1v) is 4.90. The maximum Gasteiger partial charge on any atom is 0.253 e. The lowest BCUT2D eigenvalue weighted by molar-refractivity contribution is 0.108. The molecule has 0 spiro atoms. The minimum atomic E-state index is -0.502. The second-order valence-corrected chi connectivity index (χ2v) is 3.20. The molecule has 0 aliphatic rings. The number of hydrogen-bond donors (Lipinski definition) is 0. The maximum atomic E-state index is 10.7. The van der Waals surface area contributed by atoms with Gasteiger partial charge in [-0.25, -0.2) is 4.98 Å². The van der Waals surface area contributed by atoms with E-state index in [1.54, 1.807) is 12.1 Å². The quantitative estimate of drug-likeness (QED) is 0.558. The van der Waals surface area contributed by atoms with E-state index in [0.29, 0.717) is 18.1 Å². The van der Waals surface area contributed by atoms with Gasteiger partial charge in [0.25, 0.3) is 5.24 Å². The van der Waals surface area contributed by atoms with E-state index in [2.05, 4.69) is 11.9 Å². The summed E-state index contributed by atoms with van der Waals surface area (Å²) in [6.07, 6.45) is 3.49. The molecule has 4 heteroatoms. The molecule has 76 valence electrons. The molecule has 0 unspecified atom stereocenters. The van der Waals surface area contributed by atoms with E-state index in [1.165, 1.54) is 6.20 Å². The molecule has 1 rings (SSSR count). The predicted molar refractivity (Wildman–Crippen MR) is 54.8 cm³/mol. The molecule has 0 aliphatic carbocycles. The van der Waals surface area contributed by atoms with Gasteiger partial charge >= 0.3 is 0 Å². The summed E-state index contributed by atoms with van der Waals surface area (Å²) in [6, 6.07) is 3.24. The highest BCUT2D eigenvalue weighted by molar-refractivity contribution is 6.67. The van der Waals surface area contributed by atoms with Gasteiger partial charge in [-0.3, -0.25) is 4.79 Å². The van der Waals surface area contributed by atoms with Gasteiger partial charge in [-0.15, -0.1) is 0 Å². The molecule has 1 aromatic rings. The van der Waals surface area contributed by atoms with Crippen molar-refractivity contribution in [2.45, 2.75) is 19.8 Å². The largest absolute Gasteiger partial charge is 0.478 e. The normalized spacial score (nSPS) is 9.86. The van der Waals surface area contributed by atoms with Crippen molar-refractivity contribution >= 4 is 16.8 Å². The fourth-order valence-electron chi connectivity index (χ4n) is 0.903. The molecule has 3 nitrogen and oxygen atoms in total. The Bertz CT molecular complexity index is 297. The van der Waals surface area contributed by atoms with Crippen LogP contribution in [-0.2, 0) is 0 Å². The van der Waals surface area contributed by atoms with E-state index in [-0.39, 0.29) is 0 Å². The van der Waals surface area contributed by atoms with E-state index in [9.17, 15) is 4.79 Å². The standard InChI is InChI=1S/C10H12ClNO2/c1-2-3-6-14-9-5-4-8(7-12-9)10(11)13/h4-5,7H,2-3,6H2,1H3. The van der Waals surface area contributed by atoms with Crippen LogP contribution in [0.25, 0.3) is 0 Å². The van der Waals surface area contributed by atoms with Gasteiger partial charge in [0.15, 0.2) is 0 Å². The summed E-state index contributed by atoms with van der Waals surface area (Å²) in [5.74, 6) is 0.528. The topological polar surface area (TPSA) is 39.2 Å². The molecule has 1 heterocycles. The molecule has 0 radical (unpaired) electrons. The van der Waals surface area contributed by atoms with Crippen molar-refractivity contribution < 1.29 is 9.53 Å². The highest BCUT2D eigenvalue weighted by Crippen LogP contribution is 2.09. The first kappa shape index (κ1) is 11.0. The molecule has 0 bridgehead atoms. The number of pyridine rings is 1. The molecule has 0 saturated carbocycles. The summed E-state index contributed by atoms with van der Waals surface area (Å²) in [6.45, 7) is 2.74. The molecular weight excluding hydrogens is 202 g/mol. The Labute approximate surface area is 88.1 Å². The molecule has 0 amide bonds. The predicted octanol–water partition coefficient (Wildman–Crippen LogP) is 2.64. The molecular formula is C10H12ClNO2. The molecule has 14 heavy (non-hydrogen) atoms. The Kier molecular flexibility index (Phi) is 4.40.